The van der Waals surface area contributed by atoms with Crippen molar-refractivity contribution in [2.24, 2.45) is 62.1 Å². The number of carbonyl (C=O) groups is 3. The molecular formula is C44H70N2O4. The summed E-state index contributed by atoms with van der Waals surface area (Å²) in [5, 5.41) is 3.60. The molecule has 2 bridgehead atoms. The summed E-state index contributed by atoms with van der Waals surface area (Å²) in [6, 6.07) is 0.906. The van der Waals surface area contributed by atoms with Crippen molar-refractivity contribution in [3.63, 3.8) is 0 Å². The van der Waals surface area contributed by atoms with E-state index in [0.717, 1.165) is 38.8 Å². The van der Waals surface area contributed by atoms with Crippen LogP contribution in [0.3, 0.4) is 0 Å². The zero-order valence-electron chi connectivity index (χ0n) is 33.2. The van der Waals surface area contributed by atoms with Crippen LogP contribution < -0.4 is 5.32 Å². The van der Waals surface area contributed by atoms with E-state index in [9.17, 15) is 14.4 Å². The molecule has 6 nitrogen and oxygen atoms in total. The number of carbonyl (C=O) groups excluding carboxylic acids is 3. The average Bonchev–Trinajstić information content (AvgIpc) is 3.73. The van der Waals surface area contributed by atoms with Gasteiger partial charge in [0.1, 0.15) is 11.9 Å². The number of nitrogens with one attached hydrogen (secondary N) is 1. The quantitative estimate of drug-likeness (QED) is 0.203. The Bertz CT molecular complexity index is 1420. The van der Waals surface area contributed by atoms with Gasteiger partial charge in [-0.2, -0.15) is 0 Å². The summed E-state index contributed by atoms with van der Waals surface area (Å²) < 4.78 is 6.37. The van der Waals surface area contributed by atoms with Crippen LogP contribution in [0, 0.1) is 62.1 Å². The number of ether oxygens (including phenoxy) is 1. The van der Waals surface area contributed by atoms with Gasteiger partial charge in [-0.15, -0.1) is 0 Å². The Morgan fingerprint density at radius 3 is 2.24 bits per heavy atom. The molecule has 12 atom stereocenters. The minimum Gasteiger partial charge on any atom is -0.462 e. The molecule has 5 saturated carbocycles. The van der Waals surface area contributed by atoms with Crippen LogP contribution in [-0.4, -0.2) is 53.8 Å². The monoisotopic (exact) mass is 691 g/mol. The summed E-state index contributed by atoms with van der Waals surface area (Å²) in [7, 11) is 0. The number of esters is 1. The molecule has 6 heteroatoms. The van der Waals surface area contributed by atoms with Gasteiger partial charge >= 0.3 is 5.97 Å². The highest BCUT2D eigenvalue weighted by molar-refractivity contribution is 5.78. The third-order valence-electron chi connectivity index (χ3n) is 17.7. The van der Waals surface area contributed by atoms with Crippen LogP contribution in [0.2, 0.25) is 0 Å². The molecule has 0 radical (unpaired) electrons. The maximum atomic E-state index is 14.1. The third kappa shape index (κ3) is 5.51. The number of fused-ring (bicyclic) bond motifs is 9. The van der Waals surface area contributed by atoms with Crippen molar-refractivity contribution < 1.29 is 19.1 Å². The fraction of sp³-hybridized carbons (Fsp3) is 0.886. The molecule has 7 fully saturated rings. The fourth-order valence-electron chi connectivity index (χ4n) is 15.4. The lowest BCUT2D eigenvalue weighted by Gasteiger charge is -2.73. The average molecular weight is 691 g/mol. The van der Waals surface area contributed by atoms with E-state index in [-0.39, 0.29) is 56.8 Å². The number of piperazine rings is 1. The summed E-state index contributed by atoms with van der Waals surface area (Å²) in [5.74, 6) is 3.28. The number of likely N-dealkylation sites (tertiary alicyclic amines) is 1. The summed E-state index contributed by atoms with van der Waals surface area (Å²) in [6.45, 7) is 27.1. The van der Waals surface area contributed by atoms with Gasteiger partial charge in [-0.05, 0) is 141 Å². The van der Waals surface area contributed by atoms with Gasteiger partial charge in [0.25, 0.3) is 0 Å². The van der Waals surface area contributed by atoms with Crippen LogP contribution in [-0.2, 0) is 19.1 Å². The first-order valence-electron chi connectivity index (χ1n) is 20.6. The molecule has 0 spiro atoms. The number of Topliss-reactive ketones (excluding diaryl/α,β-unsaturated/α-hetero) is 1. The van der Waals surface area contributed by atoms with E-state index in [0.29, 0.717) is 54.0 Å². The standard InChI is InChI=1S/C44H70N2O4/c1-27(2)31-13-18-44(23-36(48)46-26-29-21-30(46)25-45-29)20-19-42(9)32(38(31)44)11-12-34-41(8)16-15-35(40(6,7)33(41)14-17-43(34,42)10)50-37(49)24-39(4,5)22-28(3)47/h29-35,38,45H,1,11-26H2,2-10H3/t29?,30?,31-,32+,33-,34+,35-,38+,41-,42+,43+,44+/m0/s1. The molecule has 0 aromatic carbocycles. The molecule has 7 aliphatic rings. The maximum Gasteiger partial charge on any atom is 0.306 e. The first-order chi connectivity index (χ1) is 23.3. The minimum absolute atomic E-state index is 0.0817. The molecule has 2 heterocycles. The van der Waals surface area contributed by atoms with E-state index in [2.05, 4.69) is 58.3 Å². The number of allylic oxidation sites excluding steroid dienone is 1. The number of ketones is 1. The number of nitrogens with zero attached hydrogens (tertiary/aromatic N) is 1. The molecule has 2 unspecified atom stereocenters. The van der Waals surface area contributed by atoms with E-state index in [1.807, 2.05) is 13.8 Å². The number of amides is 1. The van der Waals surface area contributed by atoms with E-state index < -0.39 is 0 Å². The smallest absolute Gasteiger partial charge is 0.306 e. The van der Waals surface area contributed by atoms with Crippen LogP contribution >= 0.6 is 0 Å². The number of rotatable bonds is 8. The molecule has 0 aromatic heterocycles. The third-order valence-corrected chi connectivity index (χ3v) is 17.7. The highest BCUT2D eigenvalue weighted by Gasteiger charge is 2.71. The van der Waals surface area contributed by atoms with Crippen molar-refractivity contribution in [3.05, 3.63) is 12.2 Å². The molecule has 5 aliphatic carbocycles. The van der Waals surface area contributed by atoms with Gasteiger partial charge in [0.2, 0.25) is 5.91 Å². The van der Waals surface area contributed by atoms with Gasteiger partial charge in [0, 0.05) is 43.4 Å². The van der Waals surface area contributed by atoms with E-state index in [1.54, 1.807) is 6.92 Å². The summed E-state index contributed by atoms with van der Waals surface area (Å²) in [5.41, 5.74) is 1.68. The van der Waals surface area contributed by atoms with Crippen LogP contribution in [0.25, 0.3) is 0 Å². The van der Waals surface area contributed by atoms with Crippen molar-refractivity contribution >= 4 is 17.7 Å². The molecule has 2 aliphatic heterocycles. The molecule has 0 aromatic rings. The Labute approximate surface area is 304 Å². The fourth-order valence-corrected chi connectivity index (χ4v) is 15.4. The first kappa shape index (κ1) is 36.7. The van der Waals surface area contributed by atoms with Crippen LogP contribution in [0.4, 0.5) is 0 Å². The minimum atomic E-state index is -0.379. The Morgan fingerprint density at radius 2 is 1.60 bits per heavy atom. The molecule has 50 heavy (non-hydrogen) atoms. The highest BCUT2D eigenvalue weighted by atomic mass is 16.5. The SMILES string of the molecule is C=C(C)[C@@H]1CC[C@]2(CC(=O)N3CC4CC3CN4)CC[C@]3(C)[C@H](CC[C@@H]4[C@@]5(C)CC[C@H](OC(=O)CC(C)(C)CC(C)=O)C(C)(C)[C@@H]5CC[C@]43C)[C@@H]12. The zero-order chi connectivity index (χ0) is 36.2. The second kappa shape index (κ2) is 12.2. The van der Waals surface area contributed by atoms with Gasteiger partial charge in [-0.25, -0.2) is 0 Å². The second-order valence-corrected chi connectivity index (χ2v) is 21.3. The van der Waals surface area contributed by atoms with Crippen molar-refractivity contribution in [3.8, 4) is 0 Å². The van der Waals surface area contributed by atoms with Crippen LogP contribution in [0.5, 0.6) is 0 Å². The molecule has 280 valence electrons. The largest absolute Gasteiger partial charge is 0.462 e. The van der Waals surface area contributed by atoms with Crippen molar-refractivity contribution in [1.29, 1.82) is 0 Å². The predicted molar refractivity (Wildman–Crippen MR) is 199 cm³/mol. The lowest BCUT2D eigenvalue weighted by atomic mass is 9.32. The van der Waals surface area contributed by atoms with E-state index >= 15 is 0 Å². The summed E-state index contributed by atoms with van der Waals surface area (Å²) >= 11 is 0. The predicted octanol–water partition coefficient (Wildman–Crippen LogP) is 8.91. The van der Waals surface area contributed by atoms with Gasteiger partial charge in [-0.1, -0.05) is 60.6 Å². The molecular weight excluding hydrogens is 620 g/mol. The lowest BCUT2D eigenvalue weighted by Crippen LogP contribution is -2.67. The number of hydrogen-bond donors (Lipinski definition) is 1. The molecule has 2 saturated heterocycles. The van der Waals surface area contributed by atoms with Gasteiger partial charge in [0.05, 0.1) is 6.42 Å². The van der Waals surface area contributed by atoms with Crippen molar-refractivity contribution in [2.75, 3.05) is 13.1 Å². The van der Waals surface area contributed by atoms with E-state index in [4.69, 9.17) is 4.74 Å². The lowest BCUT2D eigenvalue weighted by molar-refractivity contribution is -0.250. The Hall–Kier alpha value is -1.69. The topological polar surface area (TPSA) is 75.7 Å². The zero-order valence-corrected chi connectivity index (χ0v) is 33.2. The second-order valence-electron chi connectivity index (χ2n) is 21.3. The normalized spacial score (nSPS) is 46.0. The van der Waals surface area contributed by atoms with Crippen LogP contribution in [0.15, 0.2) is 12.2 Å². The highest BCUT2D eigenvalue weighted by Crippen LogP contribution is 2.78. The van der Waals surface area contributed by atoms with Crippen molar-refractivity contribution in [2.45, 2.75) is 170 Å². The molecule has 7 rings (SSSR count). The van der Waals surface area contributed by atoms with Gasteiger partial charge in [0.15, 0.2) is 0 Å². The molecule has 1 amide bonds. The van der Waals surface area contributed by atoms with Crippen LogP contribution in [0.1, 0.15) is 152 Å². The molecule has 1 N–H and O–H groups in total. The Balaban J connectivity index is 1.12. The Morgan fingerprint density at radius 1 is 0.860 bits per heavy atom. The first-order valence-corrected chi connectivity index (χ1v) is 20.6. The Kier molecular flexibility index (Phi) is 8.92. The summed E-state index contributed by atoms with van der Waals surface area (Å²) in [4.78, 5) is 41.6. The van der Waals surface area contributed by atoms with Gasteiger partial charge in [-0.3, -0.25) is 9.59 Å². The maximum absolute atomic E-state index is 14.1. The van der Waals surface area contributed by atoms with E-state index in [1.165, 1.54) is 56.9 Å². The number of hydrogen-bond acceptors (Lipinski definition) is 5. The van der Waals surface area contributed by atoms with Gasteiger partial charge < -0.3 is 19.7 Å². The van der Waals surface area contributed by atoms with Crippen molar-refractivity contribution in [1.82, 2.24) is 10.2 Å². The summed E-state index contributed by atoms with van der Waals surface area (Å²) in [6.07, 6.45) is 14.3.